The molecule has 2 heterocycles. The van der Waals surface area contributed by atoms with Crippen molar-refractivity contribution in [2.45, 2.75) is 0 Å². The molecule has 60 valence electrons. The molecule has 2 aliphatic rings. The molecule has 2 heteroatoms. The summed E-state index contributed by atoms with van der Waals surface area (Å²) in [5.74, 6) is 0. The zero-order chi connectivity index (χ0) is 8.39. The molecule has 0 atom stereocenters. The van der Waals surface area contributed by atoms with Crippen LogP contribution in [0.4, 0.5) is 0 Å². The highest BCUT2D eigenvalue weighted by atomic mass is 16.1. The van der Waals surface area contributed by atoms with Gasteiger partial charge in [-0.25, -0.2) is 0 Å². The van der Waals surface area contributed by atoms with E-state index in [0.29, 0.717) is 0 Å². The first-order valence-corrected chi connectivity index (χ1v) is 3.89. The lowest BCUT2D eigenvalue weighted by molar-refractivity contribution is -0.104. The summed E-state index contributed by atoms with van der Waals surface area (Å²) in [4.78, 5) is 12.6. The summed E-state index contributed by atoms with van der Waals surface area (Å²) < 4.78 is 0. The predicted molar refractivity (Wildman–Crippen MR) is 48.3 cm³/mol. The van der Waals surface area contributed by atoms with Crippen molar-refractivity contribution in [2.24, 2.45) is 0 Å². The van der Waals surface area contributed by atoms with Crippen LogP contribution in [0.3, 0.4) is 0 Å². The van der Waals surface area contributed by atoms with Crippen LogP contribution >= 0.6 is 0 Å². The molecule has 0 saturated heterocycles. The standard InChI is InChI=1S/C10H9NO/c12-8-9-4-6-11-5-2-1-3-10(11)7-9/h1-5,7-8H,6H2/p+1. The molecule has 0 aromatic heterocycles. The lowest BCUT2D eigenvalue weighted by Gasteiger charge is -2.25. The average Bonchev–Trinajstić information content (AvgIpc) is 2.17. The largest absolute Gasteiger partial charge is 1.00 e. The second-order valence-electron chi connectivity index (χ2n) is 2.74. The monoisotopic (exact) mass is 160 g/mol. The lowest BCUT2D eigenvalue weighted by atomic mass is 10.1. The normalized spacial score (nSPS) is 19.8. The fourth-order valence-electron chi connectivity index (χ4n) is 1.30. The maximum absolute atomic E-state index is 10.5. The SMILES string of the molecule is O=CC1=CCN2C=CC=CC2=C1.[H+]. The van der Waals surface area contributed by atoms with Crippen LogP contribution in [0.1, 0.15) is 1.43 Å². The van der Waals surface area contributed by atoms with Crippen LogP contribution in [-0.2, 0) is 4.79 Å². The van der Waals surface area contributed by atoms with E-state index in [-0.39, 0.29) is 1.43 Å². The van der Waals surface area contributed by atoms with Crippen LogP contribution in [-0.4, -0.2) is 17.7 Å². The van der Waals surface area contributed by atoms with Gasteiger partial charge in [-0.05, 0) is 18.2 Å². The maximum atomic E-state index is 10.5. The zero-order valence-electron chi connectivity index (χ0n) is 7.60. The molecule has 0 spiro atoms. The highest BCUT2D eigenvalue weighted by molar-refractivity contribution is 5.78. The van der Waals surface area contributed by atoms with Gasteiger partial charge in [0.05, 0.1) is 0 Å². The van der Waals surface area contributed by atoms with Crippen LogP contribution in [0.2, 0.25) is 0 Å². The Kier molecular flexibility index (Phi) is 1.67. The number of hydrogen-bond acceptors (Lipinski definition) is 2. The molecule has 2 nitrogen and oxygen atoms in total. The van der Waals surface area contributed by atoms with Crippen molar-refractivity contribution in [3.8, 4) is 0 Å². The molecular formula is C10H10NO+. The van der Waals surface area contributed by atoms with Gasteiger partial charge in [-0.2, -0.15) is 0 Å². The van der Waals surface area contributed by atoms with Crippen molar-refractivity contribution < 1.29 is 6.22 Å². The number of nitrogens with zero attached hydrogens (tertiary/aromatic N) is 1. The molecule has 0 N–H and O–H groups in total. The Morgan fingerprint density at radius 3 is 3.25 bits per heavy atom. The van der Waals surface area contributed by atoms with Gasteiger partial charge in [-0.1, -0.05) is 12.2 Å². The number of carbonyl (C=O) groups excluding carboxylic acids is 1. The van der Waals surface area contributed by atoms with Gasteiger partial charge in [-0.15, -0.1) is 0 Å². The third kappa shape index (κ3) is 1.11. The fraction of sp³-hybridized carbons (Fsp3) is 0.100. The minimum Gasteiger partial charge on any atom is -0.344 e. The van der Waals surface area contributed by atoms with Gasteiger partial charge in [0.25, 0.3) is 0 Å². The summed E-state index contributed by atoms with van der Waals surface area (Å²) in [5.41, 5.74) is 1.85. The van der Waals surface area contributed by atoms with E-state index in [9.17, 15) is 4.79 Å². The van der Waals surface area contributed by atoms with E-state index in [0.717, 1.165) is 24.1 Å². The van der Waals surface area contributed by atoms with Crippen molar-refractivity contribution in [1.82, 2.24) is 4.90 Å². The van der Waals surface area contributed by atoms with Crippen molar-refractivity contribution in [2.75, 3.05) is 6.54 Å². The molecule has 0 saturated carbocycles. The molecule has 0 aromatic carbocycles. The van der Waals surface area contributed by atoms with Gasteiger partial charge >= 0.3 is 1.43 Å². The molecular weight excluding hydrogens is 150 g/mol. The second kappa shape index (κ2) is 2.81. The van der Waals surface area contributed by atoms with Gasteiger partial charge in [0, 0.05) is 24.0 Å². The van der Waals surface area contributed by atoms with E-state index < -0.39 is 0 Å². The average molecular weight is 160 g/mol. The van der Waals surface area contributed by atoms with Crippen LogP contribution < -0.4 is 0 Å². The number of fused-ring (bicyclic) bond motifs is 1. The molecule has 0 radical (unpaired) electrons. The van der Waals surface area contributed by atoms with Gasteiger partial charge in [-0.3, -0.25) is 4.79 Å². The first-order valence-electron chi connectivity index (χ1n) is 3.89. The lowest BCUT2D eigenvalue weighted by Crippen LogP contribution is -2.20. The smallest absolute Gasteiger partial charge is 0.344 e. The third-order valence-corrected chi connectivity index (χ3v) is 1.95. The summed E-state index contributed by atoms with van der Waals surface area (Å²) in [6.45, 7) is 0.792. The minimum atomic E-state index is 0. The van der Waals surface area contributed by atoms with Crippen LogP contribution in [0.15, 0.2) is 47.9 Å². The number of aldehydes is 1. The second-order valence-corrected chi connectivity index (χ2v) is 2.74. The van der Waals surface area contributed by atoms with Crippen LogP contribution in [0.25, 0.3) is 0 Å². The van der Waals surface area contributed by atoms with E-state index in [1.165, 1.54) is 0 Å². The van der Waals surface area contributed by atoms with E-state index >= 15 is 0 Å². The van der Waals surface area contributed by atoms with E-state index in [2.05, 4.69) is 4.90 Å². The molecule has 12 heavy (non-hydrogen) atoms. The Bertz CT molecular complexity index is 326. The topological polar surface area (TPSA) is 20.3 Å². The number of allylic oxidation sites excluding steroid dienone is 5. The fourth-order valence-corrected chi connectivity index (χ4v) is 1.30. The molecule has 0 unspecified atom stereocenters. The van der Waals surface area contributed by atoms with Crippen LogP contribution in [0, 0.1) is 0 Å². The highest BCUT2D eigenvalue weighted by Crippen LogP contribution is 2.18. The Hall–Kier alpha value is -1.57. The predicted octanol–water partition coefficient (Wildman–Crippen LogP) is 1.51. The molecule has 2 rings (SSSR count). The van der Waals surface area contributed by atoms with Gasteiger partial charge in [0.1, 0.15) is 6.29 Å². The number of rotatable bonds is 1. The molecule has 0 aromatic rings. The minimum absolute atomic E-state index is 0. The highest BCUT2D eigenvalue weighted by Gasteiger charge is 2.10. The van der Waals surface area contributed by atoms with Gasteiger partial charge in [0.2, 0.25) is 0 Å². The first kappa shape index (κ1) is 7.10. The Balaban J connectivity index is 0.000000845. The first-order chi connectivity index (χ1) is 5.90. The molecule has 0 fully saturated rings. The van der Waals surface area contributed by atoms with Gasteiger partial charge < -0.3 is 4.90 Å². The van der Waals surface area contributed by atoms with Crippen molar-refractivity contribution in [3.05, 3.63) is 47.9 Å². The summed E-state index contributed by atoms with van der Waals surface area (Å²) >= 11 is 0. The zero-order valence-corrected chi connectivity index (χ0v) is 6.60. The molecule has 2 aliphatic heterocycles. The van der Waals surface area contributed by atoms with Crippen molar-refractivity contribution in [1.29, 1.82) is 0 Å². The Morgan fingerprint density at radius 2 is 2.42 bits per heavy atom. The quantitative estimate of drug-likeness (QED) is 0.542. The van der Waals surface area contributed by atoms with Crippen LogP contribution in [0.5, 0.6) is 0 Å². The number of hydrogen-bond donors (Lipinski definition) is 0. The molecule has 0 aliphatic carbocycles. The summed E-state index contributed by atoms with van der Waals surface area (Å²) in [6.07, 6.45) is 12.6. The van der Waals surface area contributed by atoms with Crippen molar-refractivity contribution in [3.63, 3.8) is 0 Å². The molecule has 0 bridgehead atoms. The van der Waals surface area contributed by atoms with E-state index in [4.69, 9.17) is 0 Å². The summed E-state index contributed by atoms with van der Waals surface area (Å²) in [6, 6.07) is 0. The third-order valence-electron chi connectivity index (χ3n) is 1.95. The maximum Gasteiger partial charge on any atom is 1.00 e. The Morgan fingerprint density at radius 1 is 1.50 bits per heavy atom. The summed E-state index contributed by atoms with van der Waals surface area (Å²) in [7, 11) is 0. The number of carbonyl (C=O) groups is 1. The Labute approximate surface area is 72.7 Å². The summed E-state index contributed by atoms with van der Waals surface area (Å²) in [5, 5.41) is 0. The van der Waals surface area contributed by atoms with Gasteiger partial charge in [0.15, 0.2) is 0 Å². The molecule has 0 amide bonds. The van der Waals surface area contributed by atoms with Crippen molar-refractivity contribution >= 4 is 6.29 Å². The van der Waals surface area contributed by atoms with E-state index in [1.54, 1.807) is 0 Å². The van der Waals surface area contributed by atoms with E-state index in [1.807, 2.05) is 36.6 Å².